The number of allylic oxidation sites excluding steroid dienone is 1. The molecule has 4 nitrogen and oxygen atoms in total. The van der Waals surface area contributed by atoms with Gasteiger partial charge in [-0.3, -0.25) is 4.79 Å². The van der Waals surface area contributed by atoms with Gasteiger partial charge < -0.3 is 14.2 Å². The minimum atomic E-state index is -0.218. The molecule has 0 bridgehead atoms. The van der Waals surface area contributed by atoms with Gasteiger partial charge >= 0.3 is 5.97 Å². The number of hydrogen-bond acceptors (Lipinski definition) is 4. The Labute approximate surface area is 169 Å². The van der Waals surface area contributed by atoms with Gasteiger partial charge in [-0.15, -0.1) is 0 Å². The van der Waals surface area contributed by atoms with Crippen LogP contribution in [0.15, 0.2) is 42.5 Å². The Morgan fingerprint density at radius 3 is 1.85 bits per heavy atom. The summed E-state index contributed by atoms with van der Waals surface area (Å²) in [5.74, 6) is 1.00. The first-order chi connectivity index (χ1) is 13.0. The second-order valence-corrected chi connectivity index (χ2v) is 6.60. The molecule has 0 heterocycles. The van der Waals surface area contributed by atoms with Crippen molar-refractivity contribution in [3.63, 3.8) is 0 Å². The van der Waals surface area contributed by atoms with Gasteiger partial charge in [0.2, 0.25) is 0 Å². The number of ether oxygens (including phenoxy) is 3. The summed E-state index contributed by atoms with van der Waals surface area (Å²) in [4.78, 5) is 11.3. The lowest BCUT2D eigenvalue weighted by molar-refractivity contribution is -0.140. The molecule has 0 N–H and O–H groups in total. The second-order valence-electron chi connectivity index (χ2n) is 5.78. The van der Waals surface area contributed by atoms with Gasteiger partial charge in [-0.05, 0) is 53.8 Å². The van der Waals surface area contributed by atoms with E-state index in [0.29, 0.717) is 40.8 Å². The van der Waals surface area contributed by atoms with Crippen LogP contribution >= 0.6 is 23.2 Å². The van der Waals surface area contributed by atoms with Crippen molar-refractivity contribution in [2.75, 3.05) is 21.3 Å². The molecular formula is C21H22Cl2O4. The van der Waals surface area contributed by atoms with Crippen LogP contribution in [0.5, 0.6) is 11.5 Å². The molecule has 2 aromatic carbocycles. The van der Waals surface area contributed by atoms with Crippen LogP contribution in [-0.2, 0) is 9.53 Å². The normalized spacial score (nSPS) is 10.3. The Morgan fingerprint density at radius 2 is 1.44 bits per heavy atom. The smallest absolute Gasteiger partial charge is 0.305 e. The lowest BCUT2D eigenvalue weighted by Crippen LogP contribution is -1.99. The van der Waals surface area contributed by atoms with Crippen molar-refractivity contribution in [3.8, 4) is 11.5 Å². The molecule has 0 saturated carbocycles. The molecule has 0 spiro atoms. The van der Waals surface area contributed by atoms with Gasteiger partial charge in [0.05, 0.1) is 31.4 Å². The van der Waals surface area contributed by atoms with Crippen LogP contribution in [0.1, 0.15) is 30.4 Å². The van der Waals surface area contributed by atoms with Crippen LogP contribution in [0.4, 0.5) is 0 Å². The highest BCUT2D eigenvalue weighted by Crippen LogP contribution is 2.34. The standard InChI is InChI=1S/C21H22Cl2O4/c1-25-19-10-8-14(12-17(19)22)16(6-4-5-7-21(24)27-3)15-9-11-20(26-2)18(23)13-15/h6,8-13H,4-5,7H2,1-3H3. The van der Waals surface area contributed by atoms with Gasteiger partial charge in [0.15, 0.2) is 0 Å². The van der Waals surface area contributed by atoms with Crippen LogP contribution in [0.2, 0.25) is 10.0 Å². The number of hydrogen-bond donors (Lipinski definition) is 0. The molecule has 0 saturated heterocycles. The average Bonchev–Trinajstić information content (AvgIpc) is 2.67. The molecule has 0 radical (unpaired) electrons. The summed E-state index contributed by atoms with van der Waals surface area (Å²) in [5, 5.41) is 1.05. The molecular weight excluding hydrogens is 387 g/mol. The van der Waals surface area contributed by atoms with Crippen molar-refractivity contribution in [3.05, 3.63) is 63.6 Å². The SMILES string of the molecule is COC(=O)CCCC=C(c1ccc(OC)c(Cl)c1)c1ccc(OC)c(Cl)c1. The summed E-state index contributed by atoms with van der Waals surface area (Å²) < 4.78 is 15.1. The number of benzene rings is 2. The van der Waals surface area contributed by atoms with Gasteiger partial charge in [0.1, 0.15) is 11.5 Å². The summed E-state index contributed by atoms with van der Waals surface area (Å²) in [6, 6.07) is 11.2. The van der Waals surface area contributed by atoms with Crippen LogP contribution in [0.3, 0.4) is 0 Å². The highest BCUT2D eigenvalue weighted by Gasteiger charge is 2.11. The number of methoxy groups -OCH3 is 3. The van der Waals surface area contributed by atoms with E-state index >= 15 is 0 Å². The minimum absolute atomic E-state index is 0.218. The van der Waals surface area contributed by atoms with Gasteiger partial charge in [0.25, 0.3) is 0 Å². The fourth-order valence-corrected chi connectivity index (χ4v) is 3.18. The summed E-state index contributed by atoms with van der Waals surface area (Å²) in [6.07, 6.45) is 3.83. The van der Waals surface area contributed by atoms with E-state index in [1.54, 1.807) is 14.2 Å². The fraction of sp³-hybridized carbons (Fsp3) is 0.286. The van der Waals surface area contributed by atoms with Gasteiger partial charge in [-0.1, -0.05) is 41.4 Å². The minimum Gasteiger partial charge on any atom is -0.495 e. The molecule has 144 valence electrons. The lowest BCUT2D eigenvalue weighted by Gasteiger charge is -2.13. The molecule has 0 amide bonds. The maximum Gasteiger partial charge on any atom is 0.305 e. The maximum atomic E-state index is 11.3. The topological polar surface area (TPSA) is 44.8 Å². The molecule has 0 aliphatic rings. The molecule has 6 heteroatoms. The molecule has 0 atom stereocenters. The van der Waals surface area contributed by atoms with E-state index in [0.717, 1.165) is 16.7 Å². The summed E-state index contributed by atoms with van der Waals surface area (Å²) in [5.41, 5.74) is 2.83. The highest BCUT2D eigenvalue weighted by molar-refractivity contribution is 6.32. The van der Waals surface area contributed by atoms with E-state index in [-0.39, 0.29) is 5.97 Å². The Morgan fingerprint density at radius 1 is 0.926 bits per heavy atom. The zero-order valence-corrected chi connectivity index (χ0v) is 17.1. The lowest BCUT2D eigenvalue weighted by atomic mass is 9.96. The zero-order chi connectivity index (χ0) is 19.8. The second kappa shape index (κ2) is 10.2. The number of carbonyl (C=O) groups is 1. The Bertz CT molecular complexity index is 775. The summed E-state index contributed by atoms with van der Waals surface area (Å²) in [6.45, 7) is 0. The van der Waals surface area contributed by atoms with E-state index in [1.807, 2.05) is 36.4 Å². The molecule has 0 aromatic heterocycles. The third kappa shape index (κ3) is 5.65. The first-order valence-corrected chi connectivity index (χ1v) is 9.20. The number of carbonyl (C=O) groups excluding carboxylic acids is 1. The third-order valence-corrected chi connectivity index (χ3v) is 4.68. The van der Waals surface area contributed by atoms with Crippen LogP contribution in [0.25, 0.3) is 5.57 Å². The molecule has 0 fully saturated rings. The fourth-order valence-electron chi connectivity index (χ4n) is 2.67. The summed E-state index contributed by atoms with van der Waals surface area (Å²) in [7, 11) is 4.55. The Hall–Kier alpha value is -2.17. The highest BCUT2D eigenvalue weighted by atomic mass is 35.5. The number of unbranched alkanes of at least 4 members (excludes halogenated alkanes) is 1. The van der Waals surface area contributed by atoms with Gasteiger partial charge in [-0.2, -0.15) is 0 Å². The van der Waals surface area contributed by atoms with Crippen molar-refractivity contribution in [1.82, 2.24) is 0 Å². The average molecular weight is 409 g/mol. The molecule has 2 rings (SSSR count). The Kier molecular flexibility index (Phi) is 8.01. The van der Waals surface area contributed by atoms with E-state index in [9.17, 15) is 4.79 Å². The summed E-state index contributed by atoms with van der Waals surface area (Å²) >= 11 is 12.6. The van der Waals surface area contributed by atoms with Gasteiger partial charge in [0, 0.05) is 6.42 Å². The first-order valence-electron chi connectivity index (χ1n) is 8.45. The zero-order valence-electron chi connectivity index (χ0n) is 15.6. The van der Waals surface area contributed by atoms with Crippen molar-refractivity contribution < 1.29 is 19.0 Å². The predicted octanol–water partition coefficient (Wildman–Crippen LogP) is 5.79. The van der Waals surface area contributed by atoms with E-state index in [2.05, 4.69) is 10.8 Å². The Balaban J connectivity index is 2.37. The quantitative estimate of drug-likeness (QED) is 0.409. The monoisotopic (exact) mass is 408 g/mol. The third-order valence-electron chi connectivity index (χ3n) is 4.09. The number of halogens is 2. The molecule has 0 aliphatic carbocycles. The van der Waals surface area contributed by atoms with E-state index in [4.69, 9.17) is 32.7 Å². The van der Waals surface area contributed by atoms with E-state index in [1.165, 1.54) is 7.11 Å². The largest absolute Gasteiger partial charge is 0.495 e. The van der Waals surface area contributed by atoms with Crippen LogP contribution < -0.4 is 9.47 Å². The van der Waals surface area contributed by atoms with Crippen molar-refractivity contribution in [2.45, 2.75) is 19.3 Å². The van der Waals surface area contributed by atoms with Gasteiger partial charge in [-0.25, -0.2) is 0 Å². The number of esters is 1. The first kappa shape index (κ1) is 21.1. The van der Waals surface area contributed by atoms with Crippen molar-refractivity contribution in [1.29, 1.82) is 0 Å². The van der Waals surface area contributed by atoms with Crippen LogP contribution in [-0.4, -0.2) is 27.3 Å². The predicted molar refractivity (Wildman–Crippen MR) is 109 cm³/mol. The van der Waals surface area contributed by atoms with E-state index < -0.39 is 0 Å². The van der Waals surface area contributed by atoms with Crippen molar-refractivity contribution in [2.24, 2.45) is 0 Å². The number of rotatable bonds is 8. The molecule has 0 aliphatic heterocycles. The van der Waals surface area contributed by atoms with Crippen LogP contribution in [0, 0.1) is 0 Å². The molecule has 27 heavy (non-hydrogen) atoms. The van der Waals surface area contributed by atoms with Crippen molar-refractivity contribution >= 4 is 34.7 Å². The molecule has 0 unspecified atom stereocenters. The molecule has 2 aromatic rings. The maximum absolute atomic E-state index is 11.3.